The lowest BCUT2D eigenvalue weighted by molar-refractivity contribution is -0.118. The van der Waals surface area contributed by atoms with Gasteiger partial charge in [0.25, 0.3) is 11.8 Å². The van der Waals surface area contributed by atoms with Crippen LogP contribution in [0.25, 0.3) is 6.08 Å². The number of anilines is 2. The monoisotopic (exact) mass is 553 g/mol. The van der Waals surface area contributed by atoms with Crippen molar-refractivity contribution in [1.82, 2.24) is 0 Å². The largest absolute Gasteiger partial charge is 0.493 e. The van der Waals surface area contributed by atoms with Gasteiger partial charge >= 0.3 is 0 Å². The highest BCUT2D eigenvalue weighted by atomic mass is 79.9. The summed E-state index contributed by atoms with van der Waals surface area (Å²) >= 11 is 9.26. The molecule has 0 saturated heterocycles. The number of nitrogens with one attached hydrogen (secondary N) is 2. The number of benzene rings is 3. The van der Waals surface area contributed by atoms with Gasteiger partial charge in [0.1, 0.15) is 11.6 Å². The van der Waals surface area contributed by atoms with Gasteiger partial charge in [0.15, 0.2) is 18.1 Å². The second-order valence-corrected chi connectivity index (χ2v) is 8.66. The van der Waals surface area contributed by atoms with Gasteiger partial charge in [-0.1, -0.05) is 29.3 Å². The predicted molar refractivity (Wildman–Crippen MR) is 140 cm³/mol. The van der Waals surface area contributed by atoms with Gasteiger partial charge in [-0.2, -0.15) is 5.26 Å². The average molecular weight is 555 g/mol. The minimum Gasteiger partial charge on any atom is -0.493 e. The van der Waals surface area contributed by atoms with Crippen LogP contribution in [-0.2, 0) is 9.59 Å². The van der Waals surface area contributed by atoms with Gasteiger partial charge in [-0.05, 0) is 83.0 Å². The van der Waals surface area contributed by atoms with E-state index in [1.807, 2.05) is 25.1 Å². The molecule has 0 unspecified atom stereocenters. The topological polar surface area (TPSA) is 100 Å². The number of ether oxygens (including phenoxy) is 2. The molecule has 0 bridgehead atoms. The highest BCUT2D eigenvalue weighted by Crippen LogP contribution is 2.37. The molecule has 0 fully saturated rings. The first-order valence-corrected chi connectivity index (χ1v) is 11.5. The molecule has 3 aromatic carbocycles. The maximum Gasteiger partial charge on any atom is 0.266 e. The Morgan fingerprint density at radius 1 is 1.06 bits per heavy atom. The van der Waals surface area contributed by atoms with Gasteiger partial charge in [-0.3, -0.25) is 9.59 Å². The molecule has 9 heteroatoms. The summed E-state index contributed by atoms with van der Waals surface area (Å²) in [4.78, 5) is 24.8. The molecule has 0 saturated carbocycles. The molecule has 0 aliphatic heterocycles. The lowest BCUT2D eigenvalue weighted by Gasteiger charge is -2.14. The SMILES string of the molecule is COc1cc(/C=C(\C#N)C(=O)Nc2ccc(C)cc2)cc(Br)c1OCC(=O)Nc1ccc(Cl)cc1. The highest BCUT2D eigenvalue weighted by molar-refractivity contribution is 9.10. The molecule has 3 rings (SSSR count). The molecule has 0 aliphatic rings. The van der Waals surface area contributed by atoms with Crippen molar-refractivity contribution >= 4 is 56.8 Å². The smallest absolute Gasteiger partial charge is 0.266 e. The highest BCUT2D eigenvalue weighted by Gasteiger charge is 2.15. The molecule has 0 radical (unpaired) electrons. The first-order chi connectivity index (χ1) is 16.8. The fourth-order valence-electron chi connectivity index (χ4n) is 2.98. The quantitative estimate of drug-likeness (QED) is 0.263. The Kier molecular flexibility index (Phi) is 8.90. The molecule has 0 heterocycles. The lowest BCUT2D eigenvalue weighted by Crippen LogP contribution is -2.20. The Morgan fingerprint density at radius 2 is 1.69 bits per heavy atom. The van der Waals surface area contributed by atoms with Gasteiger partial charge in [0.05, 0.1) is 11.6 Å². The second kappa shape index (κ2) is 12.1. The van der Waals surface area contributed by atoms with E-state index in [4.69, 9.17) is 21.1 Å². The molecule has 0 aromatic heterocycles. The van der Waals surface area contributed by atoms with Crippen molar-refractivity contribution < 1.29 is 19.1 Å². The Balaban J connectivity index is 1.72. The van der Waals surface area contributed by atoms with E-state index in [9.17, 15) is 14.9 Å². The van der Waals surface area contributed by atoms with Crippen LogP contribution >= 0.6 is 27.5 Å². The van der Waals surface area contributed by atoms with Crippen LogP contribution in [0.5, 0.6) is 11.5 Å². The zero-order chi connectivity index (χ0) is 25.4. The first-order valence-electron chi connectivity index (χ1n) is 10.3. The molecule has 0 atom stereocenters. The summed E-state index contributed by atoms with van der Waals surface area (Å²) in [5.74, 6) is -0.282. The number of hydrogen-bond donors (Lipinski definition) is 2. The van der Waals surface area contributed by atoms with E-state index in [0.29, 0.717) is 37.9 Å². The number of rotatable bonds is 8. The normalized spacial score (nSPS) is 10.8. The van der Waals surface area contributed by atoms with Crippen LogP contribution in [0, 0.1) is 18.3 Å². The summed E-state index contributed by atoms with van der Waals surface area (Å²) in [6, 6.07) is 19.1. The molecule has 178 valence electrons. The fourth-order valence-corrected chi connectivity index (χ4v) is 3.68. The zero-order valence-electron chi connectivity index (χ0n) is 18.9. The van der Waals surface area contributed by atoms with E-state index >= 15 is 0 Å². The Labute approximate surface area is 216 Å². The number of carbonyl (C=O) groups is 2. The van der Waals surface area contributed by atoms with Crippen LogP contribution in [0.1, 0.15) is 11.1 Å². The van der Waals surface area contributed by atoms with Gasteiger partial charge in [-0.15, -0.1) is 0 Å². The summed E-state index contributed by atoms with van der Waals surface area (Å²) in [5, 5.41) is 15.5. The van der Waals surface area contributed by atoms with Crippen molar-refractivity contribution in [2.45, 2.75) is 6.92 Å². The van der Waals surface area contributed by atoms with E-state index in [1.54, 1.807) is 48.5 Å². The maximum absolute atomic E-state index is 12.6. The summed E-state index contributed by atoms with van der Waals surface area (Å²) in [6.07, 6.45) is 1.44. The zero-order valence-corrected chi connectivity index (χ0v) is 21.2. The van der Waals surface area contributed by atoms with Crippen LogP contribution < -0.4 is 20.1 Å². The molecule has 0 aliphatic carbocycles. The number of halogens is 2. The Morgan fingerprint density at radius 3 is 2.31 bits per heavy atom. The van der Waals surface area contributed by atoms with Gasteiger partial charge < -0.3 is 20.1 Å². The third-order valence-corrected chi connectivity index (χ3v) is 5.55. The number of amides is 2. The molecule has 35 heavy (non-hydrogen) atoms. The number of hydrogen-bond acceptors (Lipinski definition) is 5. The molecule has 2 N–H and O–H groups in total. The summed E-state index contributed by atoms with van der Waals surface area (Å²) < 4.78 is 11.5. The number of methoxy groups -OCH3 is 1. The Bertz CT molecular complexity index is 1300. The van der Waals surface area contributed by atoms with E-state index in [0.717, 1.165) is 5.56 Å². The lowest BCUT2D eigenvalue weighted by atomic mass is 10.1. The standard InChI is InChI=1S/C26H21BrClN3O4/c1-16-3-7-21(8-4-16)31-26(33)18(14-29)11-17-12-22(27)25(23(13-17)34-2)35-15-24(32)30-20-9-5-19(28)6-10-20/h3-13H,15H2,1-2H3,(H,30,32)(H,31,33)/b18-11+. The number of nitrogens with zero attached hydrogens (tertiary/aromatic N) is 1. The third kappa shape index (κ3) is 7.34. The predicted octanol–water partition coefficient (Wildman–Crippen LogP) is 5.98. The van der Waals surface area contributed by atoms with E-state index < -0.39 is 5.91 Å². The third-order valence-electron chi connectivity index (χ3n) is 4.71. The number of carbonyl (C=O) groups excluding carboxylic acids is 2. The van der Waals surface area contributed by atoms with Crippen molar-refractivity contribution in [3.63, 3.8) is 0 Å². The molecule has 3 aromatic rings. The molecule has 0 spiro atoms. The van der Waals surface area contributed by atoms with Gasteiger partial charge in [0.2, 0.25) is 0 Å². The molecule has 2 amide bonds. The molecular formula is C26H21BrClN3O4. The van der Waals surface area contributed by atoms with Crippen LogP contribution in [0.4, 0.5) is 11.4 Å². The second-order valence-electron chi connectivity index (χ2n) is 7.37. The fraction of sp³-hybridized carbons (Fsp3) is 0.115. The minimum absolute atomic E-state index is 0.0875. The summed E-state index contributed by atoms with van der Waals surface area (Å²) in [5.41, 5.74) is 2.67. The van der Waals surface area contributed by atoms with E-state index in [1.165, 1.54) is 13.2 Å². The van der Waals surface area contributed by atoms with E-state index in [2.05, 4.69) is 26.6 Å². The van der Waals surface area contributed by atoms with Crippen LogP contribution in [-0.4, -0.2) is 25.5 Å². The minimum atomic E-state index is -0.536. The first kappa shape index (κ1) is 25.8. The van der Waals surface area contributed by atoms with Crippen molar-refractivity contribution in [2.75, 3.05) is 24.4 Å². The van der Waals surface area contributed by atoms with Crippen LogP contribution in [0.15, 0.2) is 70.7 Å². The summed E-state index contributed by atoms with van der Waals surface area (Å²) in [6.45, 7) is 1.67. The molecular weight excluding hydrogens is 534 g/mol. The average Bonchev–Trinajstić information content (AvgIpc) is 2.84. The van der Waals surface area contributed by atoms with Crippen molar-refractivity contribution in [1.29, 1.82) is 5.26 Å². The van der Waals surface area contributed by atoms with Crippen LogP contribution in [0.2, 0.25) is 5.02 Å². The number of aryl methyl sites for hydroxylation is 1. The molecule has 7 nitrogen and oxygen atoms in total. The van der Waals surface area contributed by atoms with Gasteiger partial charge in [-0.25, -0.2) is 0 Å². The number of nitriles is 1. The van der Waals surface area contributed by atoms with Crippen molar-refractivity contribution in [3.8, 4) is 17.6 Å². The van der Waals surface area contributed by atoms with Gasteiger partial charge in [0, 0.05) is 16.4 Å². The van der Waals surface area contributed by atoms with Crippen molar-refractivity contribution in [3.05, 3.63) is 86.9 Å². The van der Waals surface area contributed by atoms with Crippen LogP contribution in [0.3, 0.4) is 0 Å². The van der Waals surface area contributed by atoms with Crippen molar-refractivity contribution in [2.24, 2.45) is 0 Å². The Hall–Kier alpha value is -3.80. The maximum atomic E-state index is 12.6. The van der Waals surface area contributed by atoms with E-state index in [-0.39, 0.29) is 18.1 Å². The summed E-state index contributed by atoms with van der Waals surface area (Å²) in [7, 11) is 1.45.